The molecule has 0 fully saturated rings. The smallest absolute Gasteiger partial charge is 0.165 e. The Morgan fingerprint density at radius 2 is 2.22 bits per heavy atom. The van der Waals surface area contributed by atoms with Crippen molar-refractivity contribution >= 4 is 44.5 Å². The molecule has 0 aliphatic carbocycles. The number of ether oxygens (including phenoxy) is 1. The monoisotopic (exact) mass is 345 g/mol. The Hall–Kier alpha value is -0.980. The third-order valence-corrected chi connectivity index (χ3v) is 4.40. The molecule has 2 rings (SSSR count). The molecule has 0 unspecified atom stereocenters. The van der Waals surface area contributed by atoms with Crippen LogP contribution in [0.15, 0.2) is 34.1 Å². The molecule has 0 bridgehead atoms. The van der Waals surface area contributed by atoms with Crippen LogP contribution >= 0.6 is 39.5 Å². The van der Waals surface area contributed by atoms with Crippen molar-refractivity contribution in [1.82, 2.24) is 0 Å². The first-order valence-corrected chi connectivity index (χ1v) is 7.10. The van der Waals surface area contributed by atoms with E-state index in [2.05, 4.69) is 15.9 Å². The molecule has 0 spiro atoms. The van der Waals surface area contributed by atoms with Gasteiger partial charge in [0.2, 0.25) is 0 Å². The summed E-state index contributed by atoms with van der Waals surface area (Å²) in [7, 11) is 0. The normalized spacial score (nSPS) is 10.3. The number of nitrogens with two attached hydrogens (primary N) is 1. The van der Waals surface area contributed by atoms with Crippen molar-refractivity contribution in [2.45, 2.75) is 6.61 Å². The summed E-state index contributed by atoms with van der Waals surface area (Å²) in [6.07, 6.45) is 0. The molecule has 1 aromatic heterocycles. The fourth-order valence-corrected chi connectivity index (χ4v) is 2.85. The fraction of sp³-hybridized carbons (Fsp3) is 0.0833. The van der Waals surface area contributed by atoms with E-state index in [1.54, 1.807) is 17.4 Å². The second-order valence-electron chi connectivity index (χ2n) is 3.49. The van der Waals surface area contributed by atoms with Crippen LogP contribution in [0.2, 0.25) is 0 Å². The first-order valence-electron chi connectivity index (χ1n) is 5.02. The number of hydrogen-bond acceptors (Lipinski definition) is 3. The molecule has 0 saturated carbocycles. The summed E-state index contributed by atoms with van der Waals surface area (Å²) in [6.45, 7) is 0.321. The highest BCUT2D eigenvalue weighted by atomic mass is 79.9. The molecule has 2 N–H and O–H groups in total. The second-order valence-corrected chi connectivity index (χ2v) is 5.78. The van der Waals surface area contributed by atoms with Crippen molar-refractivity contribution in [2.75, 3.05) is 0 Å². The van der Waals surface area contributed by atoms with Crippen LogP contribution in [0.4, 0.5) is 4.39 Å². The average molecular weight is 346 g/mol. The van der Waals surface area contributed by atoms with E-state index in [1.165, 1.54) is 12.1 Å². The molecule has 0 aliphatic rings. The fourth-order valence-electron chi connectivity index (χ4n) is 1.34. The molecular weight excluding hydrogens is 337 g/mol. The van der Waals surface area contributed by atoms with Crippen LogP contribution in [0.1, 0.15) is 10.4 Å². The molecule has 0 saturated heterocycles. The second kappa shape index (κ2) is 5.77. The van der Waals surface area contributed by atoms with Crippen molar-refractivity contribution in [3.63, 3.8) is 0 Å². The van der Waals surface area contributed by atoms with Gasteiger partial charge in [0.1, 0.15) is 11.6 Å². The van der Waals surface area contributed by atoms with Gasteiger partial charge in [0.25, 0.3) is 0 Å². The van der Waals surface area contributed by atoms with Gasteiger partial charge in [0.15, 0.2) is 11.6 Å². The highest BCUT2D eigenvalue weighted by Crippen LogP contribution is 2.25. The van der Waals surface area contributed by atoms with Gasteiger partial charge in [-0.1, -0.05) is 12.2 Å². The van der Waals surface area contributed by atoms with Gasteiger partial charge in [0.05, 0.1) is 4.88 Å². The molecule has 0 aliphatic heterocycles. The highest BCUT2D eigenvalue weighted by Gasteiger charge is 2.08. The third-order valence-electron chi connectivity index (χ3n) is 2.27. The number of thiophene rings is 1. The summed E-state index contributed by atoms with van der Waals surface area (Å²) in [5.41, 5.74) is 5.92. The van der Waals surface area contributed by atoms with E-state index < -0.39 is 5.82 Å². The largest absolute Gasteiger partial charge is 0.485 e. The van der Waals surface area contributed by atoms with E-state index in [9.17, 15) is 4.39 Å². The quantitative estimate of drug-likeness (QED) is 0.854. The van der Waals surface area contributed by atoms with Crippen molar-refractivity contribution in [3.8, 4) is 5.75 Å². The van der Waals surface area contributed by atoms with Crippen LogP contribution in [0.25, 0.3) is 0 Å². The lowest BCUT2D eigenvalue weighted by molar-refractivity contribution is 0.293. The lowest BCUT2D eigenvalue weighted by Crippen LogP contribution is -2.09. The van der Waals surface area contributed by atoms with Crippen LogP contribution in [-0.4, -0.2) is 4.99 Å². The van der Waals surface area contributed by atoms with Crippen molar-refractivity contribution in [1.29, 1.82) is 0 Å². The molecular formula is C12H9BrFNOS2. The SMILES string of the molecule is NC(=S)c1ccc(OCc2sccc2Br)c(F)c1. The van der Waals surface area contributed by atoms with E-state index in [0.717, 1.165) is 9.35 Å². The van der Waals surface area contributed by atoms with Gasteiger partial charge in [-0.25, -0.2) is 4.39 Å². The summed E-state index contributed by atoms with van der Waals surface area (Å²) in [5, 5.41) is 1.94. The zero-order valence-corrected chi connectivity index (χ0v) is 12.4. The van der Waals surface area contributed by atoms with Gasteiger partial charge in [-0.05, 0) is 45.6 Å². The molecule has 6 heteroatoms. The minimum absolute atomic E-state index is 0.168. The Labute approximate surface area is 122 Å². The van der Waals surface area contributed by atoms with Crippen LogP contribution in [0.5, 0.6) is 5.75 Å². The highest BCUT2D eigenvalue weighted by molar-refractivity contribution is 9.10. The van der Waals surface area contributed by atoms with Crippen LogP contribution < -0.4 is 10.5 Å². The number of benzene rings is 1. The lowest BCUT2D eigenvalue weighted by atomic mass is 10.2. The maximum Gasteiger partial charge on any atom is 0.165 e. The maximum atomic E-state index is 13.7. The van der Waals surface area contributed by atoms with Crippen LogP contribution in [0, 0.1) is 5.82 Å². The molecule has 18 heavy (non-hydrogen) atoms. The molecule has 0 amide bonds. The third kappa shape index (κ3) is 3.07. The molecule has 94 valence electrons. The molecule has 2 aromatic rings. The number of hydrogen-bond donors (Lipinski definition) is 1. The molecule has 0 radical (unpaired) electrons. The molecule has 1 heterocycles. The predicted octanol–water partition coefficient (Wildman–Crippen LogP) is 3.86. The summed E-state index contributed by atoms with van der Waals surface area (Å²) in [6, 6.07) is 6.38. The number of thiocarbonyl (C=S) groups is 1. The van der Waals surface area contributed by atoms with Crippen LogP contribution in [-0.2, 0) is 6.61 Å². The first kappa shape index (κ1) is 13.5. The summed E-state index contributed by atoms with van der Waals surface area (Å²) in [5.74, 6) is -0.275. The minimum atomic E-state index is -0.465. The van der Waals surface area contributed by atoms with E-state index >= 15 is 0 Å². The Kier molecular flexibility index (Phi) is 4.31. The summed E-state index contributed by atoms with van der Waals surface area (Å²) >= 11 is 9.72. The van der Waals surface area contributed by atoms with E-state index in [1.807, 2.05) is 11.4 Å². The number of halogens is 2. The Morgan fingerprint density at radius 1 is 1.44 bits per heavy atom. The topological polar surface area (TPSA) is 35.2 Å². The molecule has 1 aromatic carbocycles. The van der Waals surface area contributed by atoms with Crippen LogP contribution in [0.3, 0.4) is 0 Å². The summed E-state index contributed by atoms with van der Waals surface area (Å²) < 4.78 is 20.1. The average Bonchev–Trinajstić information content (AvgIpc) is 2.73. The lowest BCUT2D eigenvalue weighted by Gasteiger charge is -2.07. The summed E-state index contributed by atoms with van der Waals surface area (Å²) in [4.78, 5) is 1.18. The first-order chi connectivity index (χ1) is 8.58. The predicted molar refractivity (Wildman–Crippen MR) is 78.6 cm³/mol. The van der Waals surface area contributed by atoms with Gasteiger partial charge in [0, 0.05) is 10.0 Å². The van der Waals surface area contributed by atoms with Gasteiger partial charge >= 0.3 is 0 Å². The van der Waals surface area contributed by atoms with Gasteiger partial charge in [-0.3, -0.25) is 0 Å². The Morgan fingerprint density at radius 3 is 2.78 bits per heavy atom. The van der Waals surface area contributed by atoms with E-state index in [0.29, 0.717) is 12.2 Å². The van der Waals surface area contributed by atoms with Crippen molar-refractivity contribution < 1.29 is 9.13 Å². The van der Waals surface area contributed by atoms with Gasteiger partial charge in [-0.2, -0.15) is 0 Å². The zero-order valence-electron chi connectivity index (χ0n) is 9.15. The molecule has 2 nitrogen and oxygen atoms in total. The van der Waals surface area contributed by atoms with Crippen molar-refractivity contribution in [3.05, 3.63) is 50.4 Å². The van der Waals surface area contributed by atoms with Gasteiger partial charge < -0.3 is 10.5 Å². The standard InChI is InChI=1S/C12H9BrFNOS2/c13-8-3-4-18-11(8)6-16-10-2-1-7(12(15)17)5-9(10)14/h1-5H,6H2,(H2,15,17). The Balaban J connectivity index is 2.11. The zero-order chi connectivity index (χ0) is 13.1. The maximum absolute atomic E-state index is 13.7. The van der Waals surface area contributed by atoms with Crippen molar-refractivity contribution in [2.24, 2.45) is 5.73 Å². The Bertz CT molecular complexity index is 585. The van der Waals surface area contributed by atoms with E-state index in [-0.39, 0.29) is 10.7 Å². The molecule has 0 atom stereocenters. The van der Waals surface area contributed by atoms with Gasteiger partial charge in [-0.15, -0.1) is 11.3 Å². The minimum Gasteiger partial charge on any atom is -0.485 e. The number of rotatable bonds is 4. The van der Waals surface area contributed by atoms with E-state index in [4.69, 9.17) is 22.7 Å².